The van der Waals surface area contributed by atoms with Crippen molar-refractivity contribution in [1.29, 1.82) is 0 Å². The molecule has 1 aliphatic rings. The van der Waals surface area contributed by atoms with Crippen LogP contribution in [0.25, 0.3) is 0 Å². The summed E-state index contributed by atoms with van der Waals surface area (Å²) >= 11 is 0. The van der Waals surface area contributed by atoms with Crippen molar-refractivity contribution >= 4 is 11.8 Å². The first-order chi connectivity index (χ1) is 9.61. The molecule has 1 aliphatic heterocycles. The zero-order chi connectivity index (χ0) is 14.5. The molecule has 0 unspecified atom stereocenters. The topological polar surface area (TPSA) is 75.4 Å². The van der Waals surface area contributed by atoms with Crippen molar-refractivity contribution in [1.82, 2.24) is 10.2 Å². The molecule has 3 N–H and O–H groups in total. The number of hydrogen-bond donors (Lipinski definition) is 2. The molecule has 1 aromatic carbocycles. The van der Waals surface area contributed by atoms with Gasteiger partial charge in [-0.3, -0.25) is 9.59 Å². The minimum Gasteiger partial charge on any atom is -0.353 e. The molecule has 1 fully saturated rings. The van der Waals surface area contributed by atoms with E-state index < -0.39 is 0 Å². The maximum atomic E-state index is 12.5. The van der Waals surface area contributed by atoms with E-state index >= 15 is 0 Å². The second-order valence-electron chi connectivity index (χ2n) is 4.63. The first kappa shape index (κ1) is 14.1. The Morgan fingerprint density at radius 2 is 2.30 bits per heavy atom. The van der Waals surface area contributed by atoms with Crippen LogP contribution in [-0.4, -0.2) is 42.9 Å². The molecule has 1 saturated heterocycles. The molecule has 0 radical (unpaired) electrons. The fourth-order valence-corrected chi connectivity index (χ4v) is 2.07. The lowest BCUT2D eigenvalue weighted by atomic mass is 10.0. The first-order valence-electron chi connectivity index (χ1n) is 6.47. The van der Waals surface area contributed by atoms with E-state index in [0.717, 1.165) is 5.56 Å². The molecule has 1 heterocycles. The molecular formula is C15H17N3O2. The highest BCUT2D eigenvalue weighted by atomic mass is 16.2. The summed E-state index contributed by atoms with van der Waals surface area (Å²) in [5, 5.41) is 2.70. The fraction of sp³-hybridized carbons (Fsp3) is 0.333. The van der Waals surface area contributed by atoms with E-state index in [1.165, 1.54) is 0 Å². The van der Waals surface area contributed by atoms with Crippen LogP contribution in [0.2, 0.25) is 0 Å². The number of rotatable bonds is 1. The van der Waals surface area contributed by atoms with Gasteiger partial charge in [-0.25, -0.2) is 0 Å². The van der Waals surface area contributed by atoms with Crippen LogP contribution < -0.4 is 11.1 Å². The summed E-state index contributed by atoms with van der Waals surface area (Å²) in [6.45, 7) is 3.26. The SMILES string of the molecule is Cc1ccc(C#CCN)c(C(=O)N2CCNC(=O)C2)c1. The molecule has 0 aromatic heterocycles. The maximum Gasteiger partial charge on any atom is 0.255 e. The largest absolute Gasteiger partial charge is 0.353 e. The first-order valence-corrected chi connectivity index (χ1v) is 6.47. The average molecular weight is 271 g/mol. The van der Waals surface area contributed by atoms with Crippen molar-refractivity contribution in [3.63, 3.8) is 0 Å². The van der Waals surface area contributed by atoms with Crippen LogP contribution >= 0.6 is 0 Å². The number of nitrogens with one attached hydrogen (secondary N) is 1. The van der Waals surface area contributed by atoms with Gasteiger partial charge in [0.2, 0.25) is 5.91 Å². The van der Waals surface area contributed by atoms with Gasteiger partial charge in [-0.1, -0.05) is 23.5 Å². The standard InChI is InChI=1S/C15H17N3O2/c1-11-4-5-12(3-2-6-16)13(9-11)15(20)18-8-7-17-14(19)10-18/h4-5,9H,6-8,10,16H2,1H3,(H,17,19). The van der Waals surface area contributed by atoms with Gasteiger partial charge in [0.15, 0.2) is 0 Å². The lowest BCUT2D eigenvalue weighted by Gasteiger charge is -2.27. The van der Waals surface area contributed by atoms with Crippen LogP contribution in [0.3, 0.4) is 0 Å². The molecule has 20 heavy (non-hydrogen) atoms. The van der Waals surface area contributed by atoms with Crippen molar-refractivity contribution in [2.45, 2.75) is 6.92 Å². The summed E-state index contributed by atoms with van der Waals surface area (Å²) in [7, 11) is 0. The third-order valence-corrected chi connectivity index (χ3v) is 3.06. The van der Waals surface area contributed by atoms with Gasteiger partial charge >= 0.3 is 0 Å². The van der Waals surface area contributed by atoms with Gasteiger partial charge in [0.25, 0.3) is 5.91 Å². The summed E-state index contributed by atoms with van der Waals surface area (Å²) < 4.78 is 0. The van der Waals surface area contributed by atoms with Crippen LogP contribution in [0.4, 0.5) is 0 Å². The Balaban J connectivity index is 2.32. The molecule has 0 saturated carbocycles. The molecule has 0 spiro atoms. The Labute approximate surface area is 118 Å². The number of piperazine rings is 1. The Kier molecular flexibility index (Phi) is 4.38. The maximum absolute atomic E-state index is 12.5. The predicted molar refractivity (Wildman–Crippen MR) is 76.0 cm³/mol. The van der Waals surface area contributed by atoms with E-state index in [0.29, 0.717) is 24.2 Å². The molecule has 2 amide bonds. The summed E-state index contributed by atoms with van der Waals surface area (Å²) in [6, 6.07) is 5.52. The predicted octanol–water partition coefficient (Wildman–Crippen LogP) is -0.123. The highest BCUT2D eigenvalue weighted by Crippen LogP contribution is 2.14. The van der Waals surface area contributed by atoms with Crippen molar-refractivity contribution in [2.24, 2.45) is 5.73 Å². The molecule has 0 atom stereocenters. The summed E-state index contributed by atoms with van der Waals surface area (Å²) in [5.41, 5.74) is 7.53. The quantitative estimate of drug-likeness (QED) is 0.699. The molecule has 5 nitrogen and oxygen atoms in total. The van der Waals surface area contributed by atoms with E-state index in [1.807, 2.05) is 19.1 Å². The lowest BCUT2D eigenvalue weighted by molar-refractivity contribution is -0.123. The lowest BCUT2D eigenvalue weighted by Crippen LogP contribution is -2.50. The average Bonchev–Trinajstić information content (AvgIpc) is 2.45. The normalized spacial score (nSPS) is 14.3. The number of carbonyl (C=O) groups is 2. The second-order valence-corrected chi connectivity index (χ2v) is 4.63. The number of aryl methyl sites for hydroxylation is 1. The van der Waals surface area contributed by atoms with Crippen LogP contribution in [-0.2, 0) is 4.79 Å². The number of hydrogen-bond acceptors (Lipinski definition) is 3. The van der Waals surface area contributed by atoms with Gasteiger partial charge in [0.1, 0.15) is 0 Å². The molecular weight excluding hydrogens is 254 g/mol. The van der Waals surface area contributed by atoms with Crippen LogP contribution in [0.5, 0.6) is 0 Å². The van der Waals surface area contributed by atoms with Gasteiger partial charge in [0.05, 0.1) is 18.7 Å². The number of carbonyl (C=O) groups excluding carboxylic acids is 2. The molecule has 2 rings (SSSR count). The number of nitrogens with zero attached hydrogens (tertiary/aromatic N) is 1. The summed E-state index contributed by atoms with van der Waals surface area (Å²) in [5.74, 6) is 5.37. The molecule has 0 bridgehead atoms. The zero-order valence-electron chi connectivity index (χ0n) is 11.4. The van der Waals surface area contributed by atoms with Crippen LogP contribution in [0.15, 0.2) is 18.2 Å². The van der Waals surface area contributed by atoms with Gasteiger partial charge in [-0.05, 0) is 19.1 Å². The molecule has 1 aromatic rings. The minimum absolute atomic E-state index is 0.0938. The Bertz CT molecular complexity index is 599. The highest BCUT2D eigenvalue weighted by Gasteiger charge is 2.23. The van der Waals surface area contributed by atoms with Gasteiger partial charge in [0, 0.05) is 18.7 Å². The third kappa shape index (κ3) is 3.16. The van der Waals surface area contributed by atoms with Crippen molar-refractivity contribution in [3.8, 4) is 11.8 Å². The summed E-state index contributed by atoms with van der Waals surface area (Å²) in [4.78, 5) is 25.5. The van der Waals surface area contributed by atoms with Crippen molar-refractivity contribution in [3.05, 3.63) is 34.9 Å². The monoisotopic (exact) mass is 271 g/mol. The Hall–Kier alpha value is -2.32. The van der Waals surface area contributed by atoms with E-state index in [-0.39, 0.29) is 24.9 Å². The fourth-order valence-electron chi connectivity index (χ4n) is 2.07. The second kappa shape index (κ2) is 6.22. The Morgan fingerprint density at radius 3 is 3.00 bits per heavy atom. The Morgan fingerprint density at radius 1 is 1.50 bits per heavy atom. The van der Waals surface area contributed by atoms with E-state index in [4.69, 9.17) is 5.73 Å². The number of benzene rings is 1. The smallest absolute Gasteiger partial charge is 0.255 e. The number of amides is 2. The van der Waals surface area contributed by atoms with E-state index in [2.05, 4.69) is 17.2 Å². The zero-order valence-corrected chi connectivity index (χ0v) is 11.4. The molecule has 5 heteroatoms. The van der Waals surface area contributed by atoms with Crippen molar-refractivity contribution in [2.75, 3.05) is 26.2 Å². The van der Waals surface area contributed by atoms with Gasteiger partial charge < -0.3 is 16.0 Å². The van der Waals surface area contributed by atoms with E-state index in [9.17, 15) is 9.59 Å². The van der Waals surface area contributed by atoms with E-state index in [1.54, 1.807) is 11.0 Å². The molecule has 104 valence electrons. The summed E-state index contributed by atoms with van der Waals surface area (Å²) in [6.07, 6.45) is 0. The minimum atomic E-state index is -0.162. The van der Waals surface area contributed by atoms with Gasteiger partial charge in [-0.15, -0.1) is 0 Å². The van der Waals surface area contributed by atoms with Gasteiger partial charge in [-0.2, -0.15) is 0 Å². The number of nitrogens with two attached hydrogens (primary N) is 1. The van der Waals surface area contributed by atoms with Crippen molar-refractivity contribution < 1.29 is 9.59 Å². The third-order valence-electron chi connectivity index (χ3n) is 3.06. The van der Waals surface area contributed by atoms with Crippen LogP contribution in [0.1, 0.15) is 21.5 Å². The highest BCUT2D eigenvalue weighted by molar-refractivity contribution is 5.99. The molecule has 0 aliphatic carbocycles. The van der Waals surface area contributed by atoms with Crippen LogP contribution in [0, 0.1) is 18.8 Å².